The van der Waals surface area contributed by atoms with E-state index in [0.717, 1.165) is 11.1 Å². The Labute approximate surface area is 142 Å². The molecule has 24 heavy (non-hydrogen) atoms. The van der Waals surface area contributed by atoms with Gasteiger partial charge in [0.05, 0.1) is 5.75 Å². The SMILES string of the molecule is O=C1CS[C@@H](c2ccc(O)cc2)N1c1nnc(-c2ccccc2)o1. The van der Waals surface area contributed by atoms with Crippen molar-refractivity contribution in [2.75, 3.05) is 10.7 Å². The maximum atomic E-state index is 12.3. The van der Waals surface area contributed by atoms with Crippen LogP contribution in [0.2, 0.25) is 0 Å². The first-order valence-corrected chi connectivity index (χ1v) is 8.39. The number of nitrogens with zero attached hydrogens (tertiary/aromatic N) is 3. The maximum Gasteiger partial charge on any atom is 0.326 e. The zero-order valence-electron chi connectivity index (χ0n) is 12.5. The van der Waals surface area contributed by atoms with Gasteiger partial charge in [-0.3, -0.25) is 4.79 Å². The fraction of sp³-hybridized carbons (Fsp3) is 0.118. The molecule has 120 valence electrons. The second kappa shape index (κ2) is 6.01. The molecule has 3 aromatic rings. The van der Waals surface area contributed by atoms with Gasteiger partial charge in [-0.25, -0.2) is 4.90 Å². The third-order valence-electron chi connectivity index (χ3n) is 3.69. The second-order valence-electron chi connectivity index (χ2n) is 5.27. The Hall–Kier alpha value is -2.80. The molecule has 1 fully saturated rings. The summed E-state index contributed by atoms with van der Waals surface area (Å²) in [5.41, 5.74) is 1.69. The third-order valence-corrected chi connectivity index (χ3v) is 4.90. The Morgan fingerprint density at radius 1 is 1.08 bits per heavy atom. The molecule has 1 aliphatic heterocycles. The third kappa shape index (κ3) is 2.63. The molecule has 0 aliphatic carbocycles. The van der Waals surface area contributed by atoms with E-state index in [-0.39, 0.29) is 23.0 Å². The van der Waals surface area contributed by atoms with Crippen molar-refractivity contribution in [1.82, 2.24) is 10.2 Å². The van der Waals surface area contributed by atoms with Gasteiger partial charge < -0.3 is 9.52 Å². The van der Waals surface area contributed by atoms with Crippen molar-refractivity contribution in [3.05, 3.63) is 60.2 Å². The minimum absolute atomic E-state index is 0.0821. The predicted octanol–water partition coefficient (Wildman–Crippen LogP) is 3.22. The highest BCUT2D eigenvalue weighted by Gasteiger charge is 2.37. The number of rotatable bonds is 3. The molecule has 1 amide bonds. The van der Waals surface area contributed by atoms with Gasteiger partial charge in [-0.2, -0.15) is 0 Å². The molecule has 1 aliphatic rings. The van der Waals surface area contributed by atoms with Gasteiger partial charge in [0.25, 0.3) is 0 Å². The standard InChI is InChI=1S/C17H13N3O3S/c21-13-8-6-12(7-9-13)16-20(14(22)10-24-16)17-19-18-15(23-17)11-4-2-1-3-5-11/h1-9,16,21H,10H2/t16-/m0/s1. The Kier molecular flexibility index (Phi) is 3.70. The van der Waals surface area contributed by atoms with Crippen LogP contribution < -0.4 is 4.90 Å². The first kappa shape index (κ1) is 14.8. The predicted molar refractivity (Wildman–Crippen MR) is 90.5 cm³/mol. The fourth-order valence-electron chi connectivity index (χ4n) is 2.53. The number of carbonyl (C=O) groups is 1. The summed E-state index contributed by atoms with van der Waals surface area (Å²) in [6.07, 6.45) is 0. The van der Waals surface area contributed by atoms with Crippen molar-refractivity contribution >= 4 is 23.7 Å². The quantitative estimate of drug-likeness (QED) is 0.789. The Bertz CT molecular complexity index is 864. The number of hydrogen-bond acceptors (Lipinski definition) is 6. The van der Waals surface area contributed by atoms with Gasteiger partial charge in [-0.05, 0) is 29.8 Å². The lowest BCUT2D eigenvalue weighted by atomic mass is 10.2. The number of hydrogen-bond donors (Lipinski definition) is 1. The van der Waals surface area contributed by atoms with Crippen LogP contribution in [0.1, 0.15) is 10.9 Å². The highest BCUT2D eigenvalue weighted by atomic mass is 32.2. The topological polar surface area (TPSA) is 79.5 Å². The molecule has 6 nitrogen and oxygen atoms in total. The number of benzene rings is 2. The number of anilines is 1. The zero-order valence-corrected chi connectivity index (χ0v) is 13.3. The smallest absolute Gasteiger partial charge is 0.326 e. The number of phenolic OH excluding ortho intramolecular Hbond substituents is 1. The first-order valence-electron chi connectivity index (χ1n) is 7.34. The minimum Gasteiger partial charge on any atom is -0.508 e. The largest absolute Gasteiger partial charge is 0.508 e. The van der Waals surface area contributed by atoms with Gasteiger partial charge in [-0.1, -0.05) is 35.4 Å². The van der Waals surface area contributed by atoms with Crippen molar-refractivity contribution in [3.8, 4) is 17.2 Å². The number of thioether (sulfide) groups is 1. The summed E-state index contributed by atoms with van der Waals surface area (Å²) in [5, 5.41) is 17.3. The fourth-order valence-corrected chi connectivity index (χ4v) is 3.67. The van der Waals surface area contributed by atoms with E-state index in [0.29, 0.717) is 11.6 Å². The van der Waals surface area contributed by atoms with Gasteiger partial charge in [-0.15, -0.1) is 16.9 Å². The van der Waals surface area contributed by atoms with E-state index in [1.54, 1.807) is 24.3 Å². The summed E-state index contributed by atoms with van der Waals surface area (Å²) in [5.74, 6) is 0.819. The molecular weight excluding hydrogens is 326 g/mol. The van der Waals surface area contributed by atoms with E-state index in [1.807, 2.05) is 30.3 Å². The summed E-state index contributed by atoms with van der Waals surface area (Å²) in [6.45, 7) is 0. The number of amides is 1. The van der Waals surface area contributed by atoms with Crippen LogP contribution in [-0.4, -0.2) is 27.0 Å². The molecule has 1 N–H and O–H groups in total. The number of carbonyl (C=O) groups excluding carboxylic acids is 1. The molecule has 1 atom stereocenters. The van der Waals surface area contributed by atoms with Gasteiger partial charge in [0, 0.05) is 5.56 Å². The van der Waals surface area contributed by atoms with Crippen molar-refractivity contribution in [3.63, 3.8) is 0 Å². The molecule has 0 radical (unpaired) electrons. The summed E-state index contributed by atoms with van der Waals surface area (Å²) in [6, 6.07) is 16.4. The lowest BCUT2D eigenvalue weighted by Crippen LogP contribution is -2.28. The minimum atomic E-state index is -0.248. The van der Waals surface area contributed by atoms with Crippen LogP contribution in [-0.2, 0) is 4.79 Å². The van der Waals surface area contributed by atoms with Gasteiger partial charge in [0.1, 0.15) is 11.1 Å². The highest BCUT2D eigenvalue weighted by Crippen LogP contribution is 2.41. The maximum absolute atomic E-state index is 12.3. The first-order chi connectivity index (χ1) is 11.7. The average molecular weight is 339 g/mol. The van der Waals surface area contributed by atoms with E-state index < -0.39 is 0 Å². The lowest BCUT2D eigenvalue weighted by molar-refractivity contribution is -0.116. The molecule has 1 saturated heterocycles. The Morgan fingerprint density at radius 3 is 2.58 bits per heavy atom. The number of aromatic hydroxyl groups is 1. The zero-order chi connectivity index (χ0) is 16.5. The van der Waals surface area contributed by atoms with E-state index in [1.165, 1.54) is 16.7 Å². The lowest BCUT2D eigenvalue weighted by Gasteiger charge is -2.19. The molecular formula is C17H13N3O3S. The van der Waals surface area contributed by atoms with Gasteiger partial charge >= 0.3 is 6.01 Å². The van der Waals surface area contributed by atoms with Crippen LogP contribution in [0.3, 0.4) is 0 Å². The Balaban J connectivity index is 1.67. The van der Waals surface area contributed by atoms with Crippen LogP contribution in [0, 0.1) is 0 Å². The van der Waals surface area contributed by atoms with Crippen molar-refractivity contribution in [2.24, 2.45) is 0 Å². The summed E-state index contributed by atoms with van der Waals surface area (Å²) in [7, 11) is 0. The van der Waals surface area contributed by atoms with E-state index >= 15 is 0 Å². The summed E-state index contributed by atoms with van der Waals surface area (Å²) >= 11 is 1.48. The normalized spacial score (nSPS) is 17.4. The molecule has 2 heterocycles. The van der Waals surface area contributed by atoms with Crippen LogP contribution >= 0.6 is 11.8 Å². The van der Waals surface area contributed by atoms with E-state index in [9.17, 15) is 9.90 Å². The second-order valence-corrected chi connectivity index (χ2v) is 6.34. The molecule has 1 aromatic heterocycles. The van der Waals surface area contributed by atoms with Crippen LogP contribution in [0.5, 0.6) is 5.75 Å². The van der Waals surface area contributed by atoms with E-state index in [4.69, 9.17) is 4.42 Å². The summed E-state index contributed by atoms with van der Waals surface area (Å²) < 4.78 is 5.72. The van der Waals surface area contributed by atoms with Crippen molar-refractivity contribution in [2.45, 2.75) is 5.37 Å². The summed E-state index contributed by atoms with van der Waals surface area (Å²) in [4.78, 5) is 13.8. The Morgan fingerprint density at radius 2 is 1.83 bits per heavy atom. The molecule has 0 unspecified atom stereocenters. The van der Waals surface area contributed by atoms with Crippen molar-refractivity contribution < 1.29 is 14.3 Å². The van der Waals surface area contributed by atoms with Gasteiger partial charge in [0.2, 0.25) is 11.8 Å². The monoisotopic (exact) mass is 339 g/mol. The van der Waals surface area contributed by atoms with Crippen LogP contribution in [0.15, 0.2) is 59.0 Å². The van der Waals surface area contributed by atoms with Crippen LogP contribution in [0.4, 0.5) is 6.01 Å². The van der Waals surface area contributed by atoms with Crippen molar-refractivity contribution in [1.29, 1.82) is 0 Å². The molecule has 4 rings (SSSR count). The highest BCUT2D eigenvalue weighted by molar-refractivity contribution is 8.00. The number of phenols is 1. The number of aromatic nitrogens is 2. The molecule has 2 aromatic carbocycles. The average Bonchev–Trinajstić information content (AvgIpc) is 3.23. The molecule has 7 heteroatoms. The molecule has 0 spiro atoms. The molecule has 0 saturated carbocycles. The van der Waals surface area contributed by atoms with Crippen LogP contribution in [0.25, 0.3) is 11.5 Å². The molecule has 0 bridgehead atoms. The van der Waals surface area contributed by atoms with Gasteiger partial charge in [0.15, 0.2) is 0 Å². The van der Waals surface area contributed by atoms with E-state index in [2.05, 4.69) is 10.2 Å².